The standard InChI is InChI=1S/C16H12N2O/c19-12-6-3-5-11(8-12)15-14-9-10-4-1-2-7-13(10)16(14)18-17-15/h1-8,19H,9H2,(H,17,18). The van der Waals surface area contributed by atoms with Crippen molar-refractivity contribution in [2.75, 3.05) is 0 Å². The summed E-state index contributed by atoms with van der Waals surface area (Å²) >= 11 is 0. The van der Waals surface area contributed by atoms with Gasteiger partial charge in [-0.25, -0.2) is 0 Å². The molecule has 1 aliphatic rings. The van der Waals surface area contributed by atoms with E-state index in [0.717, 1.165) is 23.4 Å². The molecule has 0 spiro atoms. The van der Waals surface area contributed by atoms with Crippen LogP contribution in [0.5, 0.6) is 5.75 Å². The molecule has 19 heavy (non-hydrogen) atoms. The lowest BCUT2D eigenvalue weighted by Crippen LogP contribution is -1.86. The first-order valence-electron chi connectivity index (χ1n) is 6.28. The van der Waals surface area contributed by atoms with Crippen molar-refractivity contribution in [1.29, 1.82) is 0 Å². The van der Waals surface area contributed by atoms with Gasteiger partial charge in [0.05, 0.1) is 11.4 Å². The molecule has 0 saturated heterocycles. The number of H-pyrrole nitrogens is 1. The van der Waals surface area contributed by atoms with Gasteiger partial charge in [0.1, 0.15) is 5.75 Å². The molecule has 4 rings (SSSR count). The molecule has 1 aliphatic carbocycles. The highest BCUT2D eigenvalue weighted by molar-refractivity contribution is 5.81. The van der Waals surface area contributed by atoms with Gasteiger partial charge in [-0.3, -0.25) is 5.10 Å². The van der Waals surface area contributed by atoms with Crippen molar-refractivity contribution in [3.8, 4) is 28.3 Å². The zero-order valence-corrected chi connectivity index (χ0v) is 10.2. The molecule has 0 bridgehead atoms. The summed E-state index contributed by atoms with van der Waals surface area (Å²) in [5.41, 5.74) is 6.76. The second-order valence-electron chi connectivity index (χ2n) is 4.81. The normalized spacial score (nSPS) is 12.2. The van der Waals surface area contributed by atoms with E-state index in [1.165, 1.54) is 16.7 Å². The van der Waals surface area contributed by atoms with Gasteiger partial charge in [0.25, 0.3) is 0 Å². The predicted octanol–water partition coefficient (Wildman–Crippen LogP) is 3.35. The maximum Gasteiger partial charge on any atom is 0.116 e. The van der Waals surface area contributed by atoms with Gasteiger partial charge >= 0.3 is 0 Å². The number of aromatic amines is 1. The van der Waals surface area contributed by atoms with Crippen molar-refractivity contribution in [2.45, 2.75) is 6.42 Å². The lowest BCUT2D eigenvalue weighted by Gasteiger charge is -2.00. The Morgan fingerprint density at radius 2 is 1.95 bits per heavy atom. The molecule has 0 amide bonds. The van der Waals surface area contributed by atoms with Crippen LogP contribution in [0, 0.1) is 0 Å². The average Bonchev–Trinajstić information content (AvgIpc) is 2.97. The highest BCUT2D eigenvalue weighted by Crippen LogP contribution is 2.40. The number of rotatable bonds is 1. The SMILES string of the molecule is Oc1cccc(-c2n[nH]c3c2Cc2ccccc2-3)c1. The zero-order chi connectivity index (χ0) is 12.8. The molecule has 2 N–H and O–H groups in total. The van der Waals surface area contributed by atoms with Crippen LogP contribution in [-0.4, -0.2) is 15.3 Å². The van der Waals surface area contributed by atoms with Gasteiger partial charge in [0.2, 0.25) is 0 Å². The number of phenolic OH excluding ortho intramolecular Hbond substituents is 1. The van der Waals surface area contributed by atoms with Crippen molar-refractivity contribution in [3.63, 3.8) is 0 Å². The van der Waals surface area contributed by atoms with Crippen LogP contribution in [-0.2, 0) is 6.42 Å². The molecule has 0 unspecified atom stereocenters. The minimum absolute atomic E-state index is 0.268. The summed E-state index contributed by atoms with van der Waals surface area (Å²) in [6.45, 7) is 0. The molecule has 3 aromatic rings. The van der Waals surface area contributed by atoms with E-state index in [4.69, 9.17) is 0 Å². The highest BCUT2D eigenvalue weighted by atomic mass is 16.3. The molecule has 0 saturated carbocycles. The van der Waals surface area contributed by atoms with Crippen molar-refractivity contribution in [3.05, 3.63) is 59.7 Å². The fraction of sp³-hybridized carbons (Fsp3) is 0.0625. The monoisotopic (exact) mass is 248 g/mol. The van der Waals surface area contributed by atoms with Crippen LogP contribution in [0.2, 0.25) is 0 Å². The topological polar surface area (TPSA) is 48.9 Å². The molecule has 0 fully saturated rings. The maximum absolute atomic E-state index is 9.60. The molecule has 3 heteroatoms. The van der Waals surface area contributed by atoms with Crippen molar-refractivity contribution in [2.24, 2.45) is 0 Å². The molecule has 1 heterocycles. The number of fused-ring (bicyclic) bond motifs is 3. The number of phenols is 1. The summed E-state index contributed by atoms with van der Waals surface area (Å²) in [6.07, 6.45) is 0.896. The van der Waals surface area contributed by atoms with Crippen molar-refractivity contribution < 1.29 is 5.11 Å². The third-order valence-corrected chi connectivity index (χ3v) is 3.64. The van der Waals surface area contributed by atoms with Crippen LogP contribution in [0.25, 0.3) is 22.5 Å². The molecule has 0 aliphatic heterocycles. The first-order chi connectivity index (χ1) is 9.33. The van der Waals surface area contributed by atoms with E-state index in [1.807, 2.05) is 18.2 Å². The lowest BCUT2D eigenvalue weighted by atomic mass is 10.1. The summed E-state index contributed by atoms with van der Waals surface area (Å²) in [5, 5.41) is 17.1. The molecule has 0 radical (unpaired) electrons. The number of nitrogens with zero attached hydrogens (tertiary/aromatic N) is 1. The number of aromatic nitrogens is 2. The van der Waals surface area contributed by atoms with E-state index in [-0.39, 0.29) is 5.75 Å². The first kappa shape index (κ1) is 10.4. The smallest absolute Gasteiger partial charge is 0.116 e. The Kier molecular flexibility index (Phi) is 2.03. The predicted molar refractivity (Wildman–Crippen MR) is 73.9 cm³/mol. The maximum atomic E-state index is 9.60. The Labute approximate surface area is 110 Å². The molecule has 3 nitrogen and oxygen atoms in total. The number of nitrogens with one attached hydrogen (secondary N) is 1. The van der Waals surface area contributed by atoms with Crippen LogP contribution in [0.15, 0.2) is 48.5 Å². The minimum atomic E-state index is 0.268. The van der Waals surface area contributed by atoms with Gasteiger partial charge < -0.3 is 5.11 Å². The third-order valence-electron chi connectivity index (χ3n) is 3.64. The Balaban J connectivity index is 1.89. The average molecular weight is 248 g/mol. The number of benzene rings is 2. The first-order valence-corrected chi connectivity index (χ1v) is 6.28. The minimum Gasteiger partial charge on any atom is -0.508 e. The second-order valence-corrected chi connectivity index (χ2v) is 4.81. The fourth-order valence-corrected chi connectivity index (χ4v) is 2.76. The highest BCUT2D eigenvalue weighted by Gasteiger charge is 2.24. The number of hydrogen-bond donors (Lipinski definition) is 2. The van der Waals surface area contributed by atoms with E-state index >= 15 is 0 Å². The largest absolute Gasteiger partial charge is 0.508 e. The summed E-state index contributed by atoms with van der Waals surface area (Å²) < 4.78 is 0. The van der Waals surface area contributed by atoms with E-state index in [1.54, 1.807) is 12.1 Å². The lowest BCUT2D eigenvalue weighted by molar-refractivity contribution is 0.475. The van der Waals surface area contributed by atoms with E-state index in [0.29, 0.717) is 0 Å². The van der Waals surface area contributed by atoms with Crippen molar-refractivity contribution in [1.82, 2.24) is 10.2 Å². The number of hydrogen-bond acceptors (Lipinski definition) is 2. The summed E-state index contributed by atoms with van der Waals surface area (Å²) in [7, 11) is 0. The Hall–Kier alpha value is -2.55. The van der Waals surface area contributed by atoms with Gasteiger partial charge in [0, 0.05) is 23.1 Å². The third kappa shape index (κ3) is 1.48. The fourth-order valence-electron chi connectivity index (χ4n) is 2.76. The van der Waals surface area contributed by atoms with E-state index in [9.17, 15) is 5.11 Å². The summed E-state index contributed by atoms with van der Waals surface area (Å²) in [6, 6.07) is 15.6. The zero-order valence-electron chi connectivity index (χ0n) is 10.2. The van der Waals surface area contributed by atoms with Gasteiger partial charge in [-0.1, -0.05) is 36.4 Å². The van der Waals surface area contributed by atoms with Gasteiger partial charge in [-0.05, 0) is 17.7 Å². The van der Waals surface area contributed by atoms with Crippen LogP contribution >= 0.6 is 0 Å². The Morgan fingerprint density at radius 1 is 1.05 bits per heavy atom. The molecule has 2 aromatic carbocycles. The molecular formula is C16H12N2O. The Morgan fingerprint density at radius 3 is 2.84 bits per heavy atom. The van der Waals surface area contributed by atoms with Crippen molar-refractivity contribution >= 4 is 0 Å². The van der Waals surface area contributed by atoms with E-state index in [2.05, 4.69) is 28.4 Å². The quantitative estimate of drug-likeness (QED) is 0.542. The molecule has 1 aromatic heterocycles. The summed E-state index contributed by atoms with van der Waals surface area (Å²) in [5.74, 6) is 0.268. The van der Waals surface area contributed by atoms with Crippen LogP contribution < -0.4 is 0 Å². The molecular weight excluding hydrogens is 236 g/mol. The van der Waals surface area contributed by atoms with E-state index < -0.39 is 0 Å². The van der Waals surface area contributed by atoms with Crippen LogP contribution in [0.1, 0.15) is 11.1 Å². The second kappa shape index (κ2) is 3.72. The molecule has 92 valence electrons. The van der Waals surface area contributed by atoms with Gasteiger partial charge in [0.15, 0.2) is 0 Å². The number of aromatic hydroxyl groups is 1. The van der Waals surface area contributed by atoms with Gasteiger partial charge in [-0.2, -0.15) is 5.10 Å². The molecule has 0 atom stereocenters. The Bertz CT molecular complexity index is 774. The van der Waals surface area contributed by atoms with Crippen LogP contribution in [0.3, 0.4) is 0 Å². The summed E-state index contributed by atoms with van der Waals surface area (Å²) in [4.78, 5) is 0. The van der Waals surface area contributed by atoms with Gasteiger partial charge in [-0.15, -0.1) is 0 Å². The van der Waals surface area contributed by atoms with Crippen LogP contribution in [0.4, 0.5) is 0 Å².